The van der Waals surface area contributed by atoms with Crippen molar-refractivity contribution in [2.24, 2.45) is 0 Å². The van der Waals surface area contributed by atoms with Crippen molar-refractivity contribution in [3.05, 3.63) is 130 Å². The van der Waals surface area contributed by atoms with E-state index in [9.17, 15) is 0 Å². The van der Waals surface area contributed by atoms with E-state index in [0.29, 0.717) is 11.8 Å². The SMILES string of the molecule is CCCc1nn(-c2cc(Oc3ccc4c5ccccc5n(-c5cc(C(C)C)ccn5)c4c3)cc(C(C)C)c2)c(CCC)c1-c1c(C)cc(C)cc1C. The second kappa shape index (κ2) is 14.5. The number of ether oxygens (including phenoxy) is 1. The van der Waals surface area contributed by atoms with Crippen molar-refractivity contribution in [1.82, 2.24) is 19.3 Å². The van der Waals surface area contributed by atoms with Gasteiger partial charge in [0.25, 0.3) is 0 Å². The zero-order valence-corrected chi connectivity index (χ0v) is 32.3. The molecule has 0 spiro atoms. The Kier molecular flexibility index (Phi) is 9.80. The third kappa shape index (κ3) is 6.53. The molecule has 0 saturated heterocycles. The maximum atomic E-state index is 6.83. The molecule has 3 aromatic heterocycles. The number of aromatic nitrogens is 4. The molecule has 0 aliphatic rings. The Morgan fingerprint density at radius 1 is 0.654 bits per heavy atom. The minimum absolute atomic E-state index is 0.313. The summed E-state index contributed by atoms with van der Waals surface area (Å²) in [5, 5.41) is 7.77. The van der Waals surface area contributed by atoms with Crippen LogP contribution in [0.3, 0.4) is 0 Å². The van der Waals surface area contributed by atoms with Gasteiger partial charge in [-0.3, -0.25) is 4.57 Å². The third-order valence-corrected chi connectivity index (χ3v) is 10.3. The maximum absolute atomic E-state index is 6.83. The molecule has 0 N–H and O–H groups in total. The molecule has 0 aliphatic carbocycles. The highest BCUT2D eigenvalue weighted by Gasteiger charge is 2.23. The molecule has 0 bridgehead atoms. The van der Waals surface area contributed by atoms with Gasteiger partial charge in [-0.1, -0.05) is 90.3 Å². The molecule has 0 unspecified atom stereocenters. The molecule has 0 aliphatic heterocycles. The van der Waals surface area contributed by atoms with Crippen LogP contribution in [0.1, 0.15) is 105 Å². The summed E-state index contributed by atoms with van der Waals surface area (Å²) < 4.78 is 11.3. The first kappa shape index (κ1) is 35.3. The van der Waals surface area contributed by atoms with E-state index in [1.165, 1.54) is 61.1 Å². The highest BCUT2D eigenvalue weighted by molar-refractivity contribution is 6.09. The minimum atomic E-state index is 0.313. The van der Waals surface area contributed by atoms with Gasteiger partial charge in [0, 0.05) is 34.7 Å². The summed E-state index contributed by atoms with van der Waals surface area (Å²) in [6, 6.07) is 30.6. The number of fused-ring (bicyclic) bond motifs is 3. The Balaban J connectivity index is 1.37. The lowest BCUT2D eigenvalue weighted by molar-refractivity contribution is 0.481. The first-order valence-electron chi connectivity index (χ1n) is 19.1. The number of nitrogens with zero attached hydrogens (tertiary/aromatic N) is 4. The van der Waals surface area contributed by atoms with Gasteiger partial charge < -0.3 is 4.74 Å². The Labute approximate surface area is 309 Å². The molecule has 7 rings (SSSR count). The third-order valence-electron chi connectivity index (χ3n) is 10.3. The fourth-order valence-electron chi connectivity index (χ4n) is 7.89. The molecule has 266 valence electrons. The van der Waals surface area contributed by atoms with Gasteiger partial charge in [-0.15, -0.1) is 0 Å². The van der Waals surface area contributed by atoms with Crippen molar-refractivity contribution in [3.8, 4) is 34.1 Å². The molecule has 0 radical (unpaired) electrons. The molecular weight excluding hydrogens is 637 g/mol. The maximum Gasteiger partial charge on any atom is 0.137 e. The van der Waals surface area contributed by atoms with Gasteiger partial charge in [0.15, 0.2) is 0 Å². The smallest absolute Gasteiger partial charge is 0.137 e. The lowest BCUT2D eigenvalue weighted by Crippen LogP contribution is -2.05. The van der Waals surface area contributed by atoms with E-state index in [1.807, 2.05) is 6.20 Å². The molecule has 5 heteroatoms. The van der Waals surface area contributed by atoms with Gasteiger partial charge >= 0.3 is 0 Å². The van der Waals surface area contributed by atoms with Crippen LogP contribution in [0.4, 0.5) is 0 Å². The molecule has 3 heterocycles. The Morgan fingerprint density at radius 3 is 2.08 bits per heavy atom. The second-order valence-electron chi connectivity index (χ2n) is 15.1. The van der Waals surface area contributed by atoms with Crippen LogP contribution in [0.2, 0.25) is 0 Å². The van der Waals surface area contributed by atoms with Crippen molar-refractivity contribution in [2.45, 2.75) is 99.8 Å². The number of rotatable bonds is 11. The van der Waals surface area contributed by atoms with Crippen molar-refractivity contribution in [1.29, 1.82) is 0 Å². The summed E-state index contributed by atoms with van der Waals surface area (Å²) >= 11 is 0. The minimum Gasteiger partial charge on any atom is -0.457 e. The monoisotopic (exact) mass is 688 g/mol. The normalized spacial score (nSPS) is 11.8. The summed E-state index contributed by atoms with van der Waals surface area (Å²) in [5.41, 5.74) is 14.7. The molecule has 0 atom stereocenters. The predicted octanol–water partition coefficient (Wildman–Crippen LogP) is 12.9. The number of aryl methyl sites for hydroxylation is 4. The van der Waals surface area contributed by atoms with Gasteiger partial charge in [-0.2, -0.15) is 5.10 Å². The summed E-state index contributed by atoms with van der Waals surface area (Å²) in [4.78, 5) is 4.85. The van der Waals surface area contributed by atoms with Crippen molar-refractivity contribution in [2.75, 3.05) is 0 Å². The van der Waals surface area contributed by atoms with Crippen LogP contribution in [0.25, 0.3) is 44.4 Å². The van der Waals surface area contributed by atoms with Crippen LogP contribution in [0, 0.1) is 20.8 Å². The van der Waals surface area contributed by atoms with E-state index in [1.54, 1.807) is 0 Å². The molecule has 0 amide bonds. The van der Waals surface area contributed by atoms with E-state index < -0.39 is 0 Å². The number of para-hydroxylation sites is 1. The lowest BCUT2D eigenvalue weighted by Gasteiger charge is -2.17. The highest BCUT2D eigenvalue weighted by atomic mass is 16.5. The van der Waals surface area contributed by atoms with Gasteiger partial charge in [0.2, 0.25) is 0 Å². The first-order chi connectivity index (χ1) is 25.1. The topological polar surface area (TPSA) is 44.9 Å². The van der Waals surface area contributed by atoms with Crippen molar-refractivity contribution < 1.29 is 4.74 Å². The predicted molar refractivity (Wildman–Crippen MR) is 218 cm³/mol. The summed E-state index contributed by atoms with van der Waals surface area (Å²) in [6.45, 7) is 20.1. The first-order valence-corrected chi connectivity index (χ1v) is 19.1. The fourth-order valence-corrected chi connectivity index (χ4v) is 7.89. The van der Waals surface area contributed by atoms with E-state index in [2.05, 4.69) is 156 Å². The summed E-state index contributed by atoms with van der Waals surface area (Å²) in [6.07, 6.45) is 5.86. The molecule has 52 heavy (non-hydrogen) atoms. The van der Waals surface area contributed by atoms with E-state index >= 15 is 0 Å². The molecule has 4 aromatic carbocycles. The standard InChI is InChI=1S/C47H52N4O/c1-10-14-41-47(46-32(8)22-31(7)23-33(46)9)43(15-11-2)51(49-41)36-24-35(30(5)6)25-38(27-36)52-37-18-19-40-39-16-12-13-17-42(39)50(44(40)28-37)45-26-34(29(3)4)20-21-48-45/h12-13,16-30H,10-11,14-15H2,1-9H3. The lowest BCUT2D eigenvalue weighted by atomic mass is 9.90. The Bertz CT molecular complexity index is 2380. The van der Waals surface area contributed by atoms with Crippen LogP contribution in [-0.4, -0.2) is 19.3 Å². The van der Waals surface area contributed by atoms with E-state index in [-0.39, 0.29) is 0 Å². The number of pyridine rings is 1. The zero-order chi connectivity index (χ0) is 36.7. The fraction of sp³-hybridized carbons (Fsp3) is 0.319. The van der Waals surface area contributed by atoms with Crippen LogP contribution in [0.5, 0.6) is 11.5 Å². The van der Waals surface area contributed by atoms with Gasteiger partial charge in [0.05, 0.1) is 28.1 Å². The Hall–Kier alpha value is -5.16. The molecule has 0 fully saturated rings. The quantitative estimate of drug-likeness (QED) is 0.136. The van der Waals surface area contributed by atoms with Gasteiger partial charge in [-0.25, -0.2) is 9.67 Å². The van der Waals surface area contributed by atoms with Crippen molar-refractivity contribution >= 4 is 21.8 Å². The Morgan fingerprint density at radius 2 is 1.37 bits per heavy atom. The van der Waals surface area contributed by atoms with E-state index in [4.69, 9.17) is 14.8 Å². The van der Waals surface area contributed by atoms with E-state index in [0.717, 1.165) is 59.7 Å². The molecule has 5 nitrogen and oxygen atoms in total. The average Bonchev–Trinajstić information content (AvgIpc) is 3.63. The van der Waals surface area contributed by atoms with Crippen molar-refractivity contribution in [3.63, 3.8) is 0 Å². The molecular formula is C47H52N4O. The molecule has 0 saturated carbocycles. The molecule has 7 aromatic rings. The summed E-state index contributed by atoms with van der Waals surface area (Å²) in [7, 11) is 0. The highest BCUT2D eigenvalue weighted by Crippen LogP contribution is 2.39. The van der Waals surface area contributed by atoms with Gasteiger partial charge in [0.1, 0.15) is 17.3 Å². The number of hydrogen-bond donors (Lipinski definition) is 0. The van der Waals surface area contributed by atoms with Crippen LogP contribution in [0.15, 0.2) is 91.1 Å². The largest absolute Gasteiger partial charge is 0.457 e. The van der Waals surface area contributed by atoms with Gasteiger partial charge in [-0.05, 0) is 116 Å². The van der Waals surface area contributed by atoms with Crippen LogP contribution >= 0.6 is 0 Å². The van der Waals surface area contributed by atoms with Crippen LogP contribution in [-0.2, 0) is 12.8 Å². The number of benzene rings is 4. The zero-order valence-electron chi connectivity index (χ0n) is 32.3. The number of hydrogen-bond acceptors (Lipinski definition) is 3. The van der Waals surface area contributed by atoms with Crippen LogP contribution < -0.4 is 4.74 Å². The average molecular weight is 689 g/mol. The second-order valence-corrected chi connectivity index (χ2v) is 15.1. The summed E-state index contributed by atoms with van der Waals surface area (Å²) in [5.74, 6) is 3.23.